The van der Waals surface area contributed by atoms with Crippen LogP contribution in [0.5, 0.6) is 5.75 Å². The first-order valence-corrected chi connectivity index (χ1v) is 7.62. The lowest BCUT2D eigenvalue weighted by molar-refractivity contribution is -0.123. The molecule has 1 amide bonds. The average molecular weight is 361 g/mol. The Kier molecular flexibility index (Phi) is 5.72. The molecule has 22 heavy (non-hydrogen) atoms. The van der Waals surface area contributed by atoms with E-state index in [2.05, 4.69) is 26.5 Å². The minimum Gasteiger partial charge on any atom is -0.484 e. The van der Waals surface area contributed by atoms with E-state index in [1.165, 1.54) is 5.56 Å². The van der Waals surface area contributed by atoms with E-state index in [0.29, 0.717) is 5.75 Å². The molecule has 0 unspecified atom stereocenters. The van der Waals surface area contributed by atoms with Crippen molar-refractivity contribution in [3.8, 4) is 5.75 Å². The maximum Gasteiger partial charge on any atom is 0.277 e. The van der Waals surface area contributed by atoms with Crippen LogP contribution < -0.4 is 10.2 Å². The van der Waals surface area contributed by atoms with Crippen molar-refractivity contribution in [2.45, 2.75) is 13.8 Å². The smallest absolute Gasteiger partial charge is 0.277 e. The molecule has 2 aromatic rings. The molecule has 0 heterocycles. The van der Waals surface area contributed by atoms with Crippen LogP contribution in [0.2, 0.25) is 0 Å². The normalized spacial score (nSPS) is 10.7. The summed E-state index contributed by atoms with van der Waals surface area (Å²) in [4.78, 5) is 11.7. The molecule has 1 N–H and O–H groups in total. The van der Waals surface area contributed by atoms with Gasteiger partial charge in [0.25, 0.3) is 5.91 Å². The molecule has 0 aromatic heterocycles. The van der Waals surface area contributed by atoms with E-state index in [-0.39, 0.29) is 12.5 Å². The Balaban J connectivity index is 1.83. The second-order valence-electron chi connectivity index (χ2n) is 4.85. The molecule has 0 spiro atoms. The van der Waals surface area contributed by atoms with Crippen molar-refractivity contribution < 1.29 is 9.53 Å². The Morgan fingerprint density at radius 2 is 2.00 bits per heavy atom. The number of nitrogens with one attached hydrogen (secondary N) is 1. The summed E-state index contributed by atoms with van der Waals surface area (Å²) >= 11 is 3.41. The molecule has 0 bridgehead atoms. The van der Waals surface area contributed by atoms with Gasteiger partial charge in [0, 0.05) is 10.0 Å². The van der Waals surface area contributed by atoms with Crippen molar-refractivity contribution in [3.63, 3.8) is 0 Å². The minimum absolute atomic E-state index is 0.0736. The SMILES string of the molecule is Cc1ccc(OCC(=O)N/N=C/c2ccccc2Br)cc1C. The van der Waals surface area contributed by atoms with E-state index < -0.39 is 0 Å². The number of carbonyl (C=O) groups is 1. The van der Waals surface area contributed by atoms with E-state index in [0.717, 1.165) is 15.6 Å². The number of halogens is 1. The number of benzene rings is 2. The van der Waals surface area contributed by atoms with Gasteiger partial charge in [0.2, 0.25) is 0 Å². The van der Waals surface area contributed by atoms with Crippen molar-refractivity contribution in [2.75, 3.05) is 6.61 Å². The van der Waals surface area contributed by atoms with Gasteiger partial charge in [-0.3, -0.25) is 4.79 Å². The van der Waals surface area contributed by atoms with E-state index in [1.54, 1.807) is 6.21 Å². The number of aryl methyl sites for hydroxylation is 2. The summed E-state index contributed by atoms with van der Waals surface area (Å²) in [6.07, 6.45) is 1.58. The lowest BCUT2D eigenvalue weighted by Gasteiger charge is -2.07. The highest BCUT2D eigenvalue weighted by molar-refractivity contribution is 9.10. The fourth-order valence-corrected chi connectivity index (χ4v) is 2.13. The summed E-state index contributed by atoms with van der Waals surface area (Å²) in [6, 6.07) is 13.3. The highest BCUT2D eigenvalue weighted by Gasteiger charge is 2.02. The molecular weight excluding hydrogens is 344 g/mol. The van der Waals surface area contributed by atoms with E-state index >= 15 is 0 Å². The van der Waals surface area contributed by atoms with Crippen molar-refractivity contribution >= 4 is 28.1 Å². The fourth-order valence-electron chi connectivity index (χ4n) is 1.74. The minimum atomic E-state index is -0.304. The highest BCUT2D eigenvalue weighted by Crippen LogP contribution is 2.16. The third-order valence-corrected chi connectivity index (χ3v) is 3.87. The maximum absolute atomic E-state index is 11.7. The van der Waals surface area contributed by atoms with Gasteiger partial charge in [0.1, 0.15) is 5.75 Å². The summed E-state index contributed by atoms with van der Waals surface area (Å²) in [5.74, 6) is 0.370. The predicted octanol–water partition coefficient (Wildman–Crippen LogP) is 3.60. The third-order valence-electron chi connectivity index (χ3n) is 3.15. The molecule has 0 saturated heterocycles. The molecule has 114 valence electrons. The standard InChI is InChI=1S/C17H17BrN2O2/c1-12-7-8-15(9-13(12)2)22-11-17(21)20-19-10-14-5-3-4-6-16(14)18/h3-10H,11H2,1-2H3,(H,20,21)/b19-10+. The highest BCUT2D eigenvalue weighted by atomic mass is 79.9. The van der Waals surface area contributed by atoms with Crippen molar-refractivity contribution in [3.05, 3.63) is 63.6 Å². The number of nitrogens with zero attached hydrogens (tertiary/aromatic N) is 1. The number of rotatable bonds is 5. The average Bonchev–Trinajstić information content (AvgIpc) is 2.50. The van der Waals surface area contributed by atoms with Crippen LogP contribution in [-0.4, -0.2) is 18.7 Å². The Bertz CT molecular complexity index is 699. The molecule has 0 radical (unpaired) electrons. The van der Waals surface area contributed by atoms with E-state index in [4.69, 9.17) is 4.74 Å². The summed E-state index contributed by atoms with van der Waals surface area (Å²) in [5, 5.41) is 3.91. The zero-order valence-electron chi connectivity index (χ0n) is 12.5. The second kappa shape index (κ2) is 7.75. The Hall–Kier alpha value is -2.14. The number of carbonyl (C=O) groups excluding carboxylic acids is 1. The molecule has 5 heteroatoms. The van der Waals surface area contributed by atoms with Crippen LogP contribution in [0.1, 0.15) is 16.7 Å². The number of hydrogen-bond donors (Lipinski definition) is 1. The summed E-state index contributed by atoms with van der Waals surface area (Å²) < 4.78 is 6.35. The van der Waals surface area contributed by atoms with E-state index in [1.807, 2.05) is 56.3 Å². The maximum atomic E-state index is 11.7. The summed E-state index contributed by atoms with van der Waals surface area (Å²) in [6.45, 7) is 3.96. The van der Waals surface area contributed by atoms with Crippen LogP contribution >= 0.6 is 15.9 Å². The molecule has 2 aromatic carbocycles. The second-order valence-corrected chi connectivity index (χ2v) is 5.70. The first-order valence-electron chi connectivity index (χ1n) is 6.83. The molecular formula is C17H17BrN2O2. The van der Waals surface area contributed by atoms with E-state index in [9.17, 15) is 4.79 Å². The zero-order chi connectivity index (χ0) is 15.9. The molecule has 0 aliphatic heterocycles. The van der Waals surface area contributed by atoms with Gasteiger partial charge in [-0.05, 0) is 43.2 Å². The molecule has 2 rings (SSSR count). The van der Waals surface area contributed by atoms with Crippen molar-refractivity contribution in [1.82, 2.24) is 5.43 Å². The first kappa shape index (κ1) is 16.2. The zero-order valence-corrected chi connectivity index (χ0v) is 14.1. The monoisotopic (exact) mass is 360 g/mol. The van der Waals surface area contributed by atoms with Gasteiger partial charge in [-0.2, -0.15) is 5.10 Å². The fraction of sp³-hybridized carbons (Fsp3) is 0.176. The van der Waals surface area contributed by atoms with Crippen LogP contribution in [0.25, 0.3) is 0 Å². The van der Waals surface area contributed by atoms with Crippen LogP contribution in [-0.2, 0) is 4.79 Å². The Labute approximate surface area is 138 Å². The number of ether oxygens (including phenoxy) is 1. The van der Waals surface area contributed by atoms with Gasteiger partial charge < -0.3 is 4.74 Å². The number of hydrazone groups is 1. The van der Waals surface area contributed by atoms with Gasteiger partial charge >= 0.3 is 0 Å². The third kappa shape index (κ3) is 4.70. The number of amides is 1. The van der Waals surface area contributed by atoms with Crippen LogP contribution in [0.15, 0.2) is 52.0 Å². The molecule has 0 fully saturated rings. The lowest BCUT2D eigenvalue weighted by atomic mass is 10.1. The summed E-state index contributed by atoms with van der Waals surface area (Å²) in [5.41, 5.74) is 5.65. The van der Waals surface area contributed by atoms with Gasteiger partial charge in [-0.25, -0.2) is 5.43 Å². The van der Waals surface area contributed by atoms with Crippen molar-refractivity contribution in [1.29, 1.82) is 0 Å². The Morgan fingerprint density at radius 1 is 1.23 bits per heavy atom. The van der Waals surface area contributed by atoms with Crippen LogP contribution in [0.3, 0.4) is 0 Å². The predicted molar refractivity (Wildman–Crippen MR) is 91.3 cm³/mol. The van der Waals surface area contributed by atoms with Crippen LogP contribution in [0, 0.1) is 13.8 Å². The molecule has 0 aliphatic rings. The molecule has 0 aliphatic carbocycles. The summed E-state index contributed by atoms with van der Waals surface area (Å²) in [7, 11) is 0. The molecule has 0 saturated carbocycles. The van der Waals surface area contributed by atoms with Crippen molar-refractivity contribution in [2.24, 2.45) is 5.10 Å². The first-order chi connectivity index (χ1) is 10.6. The lowest BCUT2D eigenvalue weighted by Crippen LogP contribution is -2.24. The van der Waals surface area contributed by atoms with Gasteiger partial charge in [0.15, 0.2) is 6.61 Å². The number of hydrogen-bond acceptors (Lipinski definition) is 3. The molecule has 0 atom stereocenters. The topological polar surface area (TPSA) is 50.7 Å². The molecule has 4 nitrogen and oxygen atoms in total. The van der Waals surface area contributed by atoms with Gasteiger partial charge in [-0.15, -0.1) is 0 Å². The largest absolute Gasteiger partial charge is 0.484 e. The Morgan fingerprint density at radius 3 is 2.73 bits per heavy atom. The van der Waals surface area contributed by atoms with Crippen LogP contribution in [0.4, 0.5) is 0 Å². The van der Waals surface area contributed by atoms with Gasteiger partial charge in [-0.1, -0.05) is 40.2 Å². The van der Waals surface area contributed by atoms with Gasteiger partial charge in [0.05, 0.1) is 6.21 Å². The quantitative estimate of drug-likeness (QED) is 0.654.